The molecule has 0 fully saturated rings. The van der Waals surface area contributed by atoms with E-state index in [0.717, 1.165) is 54.1 Å². The predicted octanol–water partition coefficient (Wildman–Crippen LogP) is 9.10. The highest BCUT2D eigenvalue weighted by Crippen LogP contribution is 2.47. The van der Waals surface area contributed by atoms with Crippen molar-refractivity contribution in [2.45, 2.75) is 27.7 Å². The van der Waals surface area contributed by atoms with Crippen LogP contribution in [0.25, 0.3) is 11.1 Å². The molecule has 0 saturated carbocycles. The SMILES string of the molecule is CC(=C=C(c1ccccc1P(=O)(c1ccccc1)c1ccccc1)C(C)(C)C)c1ccccc1P(=O)(c1ccccc1)c1ccccc1. The summed E-state index contributed by atoms with van der Waals surface area (Å²) in [5.74, 6) is 0. The highest BCUT2D eigenvalue weighted by molar-refractivity contribution is 7.85. The lowest BCUT2D eigenvalue weighted by molar-refractivity contribution is 0.567. The van der Waals surface area contributed by atoms with Gasteiger partial charge in [-0.1, -0.05) is 191 Å². The van der Waals surface area contributed by atoms with Crippen molar-refractivity contribution >= 4 is 57.3 Å². The number of hydrogen-bond acceptors (Lipinski definition) is 2. The first-order valence-corrected chi connectivity index (χ1v) is 19.7. The molecule has 0 aliphatic carbocycles. The van der Waals surface area contributed by atoms with E-state index in [1.165, 1.54) is 0 Å². The number of hydrogen-bond donors (Lipinski definition) is 0. The van der Waals surface area contributed by atoms with Crippen molar-refractivity contribution in [1.82, 2.24) is 0 Å². The van der Waals surface area contributed by atoms with E-state index in [2.05, 4.69) is 32.6 Å². The Morgan fingerprint density at radius 2 is 0.729 bits per heavy atom. The van der Waals surface area contributed by atoms with Crippen molar-refractivity contribution < 1.29 is 9.13 Å². The van der Waals surface area contributed by atoms with Crippen LogP contribution in [-0.4, -0.2) is 0 Å². The maximum atomic E-state index is 15.6. The Balaban J connectivity index is 1.64. The van der Waals surface area contributed by atoms with E-state index in [1.54, 1.807) is 0 Å². The summed E-state index contributed by atoms with van der Waals surface area (Å²) in [5, 5.41) is 4.69. The molecule has 6 aromatic rings. The molecular weight excluding hydrogens is 622 g/mol. The molecule has 0 unspecified atom stereocenters. The smallest absolute Gasteiger partial charge is 0.171 e. The molecule has 238 valence electrons. The van der Waals surface area contributed by atoms with Crippen LogP contribution < -0.4 is 31.8 Å². The van der Waals surface area contributed by atoms with Crippen molar-refractivity contribution in [3.63, 3.8) is 0 Å². The van der Waals surface area contributed by atoms with Gasteiger partial charge in [0.05, 0.1) is 0 Å². The lowest BCUT2D eigenvalue weighted by atomic mass is 9.82. The minimum atomic E-state index is -3.28. The molecule has 0 N–H and O–H groups in total. The third-order valence-electron chi connectivity index (χ3n) is 8.70. The summed E-state index contributed by atoms with van der Waals surface area (Å²) >= 11 is 0. The monoisotopic (exact) mass is 662 g/mol. The highest BCUT2D eigenvalue weighted by atomic mass is 31.2. The second kappa shape index (κ2) is 13.8. The normalized spacial score (nSPS) is 11.8. The second-order valence-corrected chi connectivity index (χ2v) is 18.4. The molecule has 0 heterocycles. The van der Waals surface area contributed by atoms with Gasteiger partial charge in [-0.15, -0.1) is 5.73 Å². The van der Waals surface area contributed by atoms with Crippen LogP contribution in [-0.2, 0) is 9.13 Å². The average Bonchev–Trinajstić information content (AvgIpc) is 3.14. The summed E-state index contributed by atoms with van der Waals surface area (Å²) in [6.07, 6.45) is 0. The molecule has 0 atom stereocenters. The Morgan fingerprint density at radius 1 is 0.438 bits per heavy atom. The lowest BCUT2D eigenvalue weighted by Gasteiger charge is -2.28. The molecule has 0 amide bonds. The third-order valence-corrected chi connectivity index (χ3v) is 14.9. The van der Waals surface area contributed by atoms with Gasteiger partial charge in [0.2, 0.25) is 0 Å². The molecule has 0 radical (unpaired) electrons. The third kappa shape index (κ3) is 6.29. The first-order valence-electron chi connectivity index (χ1n) is 16.3. The molecule has 6 rings (SSSR count). The minimum absolute atomic E-state index is 0.368. The van der Waals surface area contributed by atoms with Crippen molar-refractivity contribution in [3.8, 4) is 0 Å². The van der Waals surface area contributed by atoms with E-state index in [9.17, 15) is 0 Å². The molecule has 6 aromatic carbocycles. The quantitative estimate of drug-likeness (QED) is 0.120. The van der Waals surface area contributed by atoms with E-state index in [4.69, 9.17) is 0 Å². The summed E-state index contributed by atoms with van der Waals surface area (Å²) in [6.45, 7) is 8.54. The summed E-state index contributed by atoms with van der Waals surface area (Å²) < 4.78 is 31.2. The predicted molar refractivity (Wildman–Crippen MR) is 207 cm³/mol. The summed E-state index contributed by atoms with van der Waals surface area (Å²) in [4.78, 5) is 0. The maximum absolute atomic E-state index is 15.6. The van der Waals surface area contributed by atoms with Crippen LogP contribution in [0.15, 0.2) is 176 Å². The zero-order valence-electron chi connectivity index (χ0n) is 27.9. The van der Waals surface area contributed by atoms with Gasteiger partial charge >= 0.3 is 0 Å². The molecule has 0 saturated heterocycles. The number of allylic oxidation sites excluding steroid dienone is 1. The fourth-order valence-electron chi connectivity index (χ4n) is 6.34. The lowest BCUT2D eigenvalue weighted by Crippen LogP contribution is -2.28. The van der Waals surface area contributed by atoms with Crippen LogP contribution in [0, 0.1) is 5.41 Å². The van der Waals surface area contributed by atoms with Gasteiger partial charge in [0.1, 0.15) is 0 Å². The average molecular weight is 663 g/mol. The Kier molecular flexibility index (Phi) is 9.55. The fraction of sp³-hybridized carbons (Fsp3) is 0.114. The topological polar surface area (TPSA) is 34.1 Å². The van der Waals surface area contributed by atoms with Crippen molar-refractivity contribution in [2.24, 2.45) is 5.41 Å². The van der Waals surface area contributed by atoms with Crippen molar-refractivity contribution in [1.29, 1.82) is 0 Å². The van der Waals surface area contributed by atoms with E-state index >= 15 is 9.13 Å². The van der Waals surface area contributed by atoms with Crippen LogP contribution in [0.2, 0.25) is 0 Å². The van der Waals surface area contributed by atoms with Gasteiger partial charge in [-0.3, -0.25) is 0 Å². The standard InChI is InChI=1S/C44H40O2P2/c1-34(39-29-17-19-31-42(39)47(45,35-21-9-5-10-22-35)36-23-11-6-12-24-36)33-41(44(2,3)4)40-30-18-20-32-43(40)48(46,37-25-13-7-14-26-37)38-27-15-8-16-28-38/h5-32H,1-4H3. The van der Waals surface area contributed by atoms with E-state index in [-0.39, 0.29) is 5.41 Å². The van der Waals surface area contributed by atoms with Gasteiger partial charge in [0.15, 0.2) is 14.3 Å². The van der Waals surface area contributed by atoms with Crippen LogP contribution in [0.1, 0.15) is 38.8 Å². The van der Waals surface area contributed by atoms with E-state index in [0.29, 0.717) is 0 Å². The van der Waals surface area contributed by atoms with Gasteiger partial charge in [-0.25, -0.2) is 0 Å². The summed E-state index contributed by atoms with van der Waals surface area (Å²) in [7, 11) is -6.54. The first-order chi connectivity index (χ1) is 23.1. The van der Waals surface area contributed by atoms with Crippen molar-refractivity contribution in [2.75, 3.05) is 0 Å². The molecule has 0 aromatic heterocycles. The molecule has 0 spiro atoms. The van der Waals surface area contributed by atoms with Gasteiger partial charge < -0.3 is 9.13 Å². The van der Waals surface area contributed by atoms with Crippen LogP contribution >= 0.6 is 14.3 Å². The van der Waals surface area contributed by atoms with Crippen LogP contribution in [0.3, 0.4) is 0 Å². The molecular formula is C44H40O2P2. The van der Waals surface area contributed by atoms with Gasteiger partial charge in [0.25, 0.3) is 0 Å². The summed E-state index contributed by atoms with van der Waals surface area (Å²) in [5.41, 5.74) is 7.02. The largest absolute Gasteiger partial charge is 0.309 e. The number of benzene rings is 6. The Hall–Kier alpha value is -4.70. The zero-order chi connectivity index (χ0) is 33.8. The fourth-order valence-corrected chi connectivity index (χ4v) is 12.1. The Bertz CT molecular complexity index is 2100. The minimum Gasteiger partial charge on any atom is -0.309 e. The maximum Gasteiger partial charge on any atom is 0.171 e. The van der Waals surface area contributed by atoms with Gasteiger partial charge in [-0.2, -0.15) is 0 Å². The Morgan fingerprint density at radius 3 is 1.08 bits per heavy atom. The van der Waals surface area contributed by atoms with Gasteiger partial charge in [-0.05, 0) is 29.0 Å². The molecule has 4 heteroatoms. The first kappa shape index (κ1) is 33.2. The second-order valence-electron chi connectivity index (χ2n) is 13.0. The number of rotatable bonds is 8. The van der Waals surface area contributed by atoms with Crippen molar-refractivity contribution in [3.05, 3.63) is 187 Å². The summed E-state index contributed by atoms with van der Waals surface area (Å²) in [6, 6.07) is 55.2. The Labute approximate surface area is 285 Å². The van der Waals surface area contributed by atoms with Crippen LogP contribution in [0.4, 0.5) is 0 Å². The van der Waals surface area contributed by atoms with E-state index in [1.807, 2.05) is 171 Å². The van der Waals surface area contributed by atoms with Gasteiger partial charge in [0, 0.05) is 37.4 Å². The zero-order valence-corrected chi connectivity index (χ0v) is 29.7. The molecule has 0 aliphatic rings. The molecule has 48 heavy (non-hydrogen) atoms. The van der Waals surface area contributed by atoms with E-state index < -0.39 is 14.3 Å². The molecule has 0 bridgehead atoms. The highest BCUT2D eigenvalue weighted by Gasteiger charge is 2.35. The van der Waals surface area contributed by atoms with Crippen LogP contribution in [0.5, 0.6) is 0 Å². The molecule has 2 nitrogen and oxygen atoms in total. The molecule has 0 aliphatic heterocycles.